The van der Waals surface area contributed by atoms with Gasteiger partial charge in [0.25, 0.3) is 5.91 Å². The molecule has 0 unspecified atom stereocenters. The van der Waals surface area contributed by atoms with E-state index in [0.29, 0.717) is 29.4 Å². The molecule has 160 valence electrons. The molecule has 0 aliphatic rings. The van der Waals surface area contributed by atoms with E-state index in [1.165, 1.54) is 30.5 Å². The number of anilines is 1. The zero-order valence-corrected chi connectivity index (χ0v) is 17.5. The number of carboxylic acid groups (broad SMARTS) is 1. The largest absolute Gasteiger partial charge is 0.478 e. The van der Waals surface area contributed by atoms with E-state index in [-0.39, 0.29) is 16.9 Å². The Labute approximate surface area is 184 Å². The summed E-state index contributed by atoms with van der Waals surface area (Å²) in [7, 11) is 0. The summed E-state index contributed by atoms with van der Waals surface area (Å²) in [5.74, 6) is -1.49. The van der Waals surface area contributed by atoms with Crippen LogP contribution in [0.2, 0.25) is 5.02 Å². The molecule has 0 fully saturated rings. The third kappa shape index (κ3) is 5.79. The van der Waals surface area contributed by atoms with E-state index < -0.39 is 17.9 Å². The zero-order chi connectivity index (χ0) is 22.4. The van der Waals surface area contributed by atoms with E-state index >= 15 is 0 Å². The maximum atomic E-state index is 13.3. The van der Waals surface area contributed by atoms with Gasteiger partial charge in [-0.05, 0) is 48.7 Å². The summed E-state index contributed by atoms with van der Waals surface area (Å²) in [6.45, 7) is 2.13. The number of carboxylic acids is 1. The average molecular weight is 442 g/mol. The Morgan fingerprint density at radius 3 is 2.65 bits per heavy atom. The van der Waals surface area contributed by atoms with E-state index in [4.69, 9.17) is 11.6 Å². The number of carbonyl (C=O) groups excluding carboxylic acids is 1. The summed E-state index contributed by atoms with van der Waals surface area (Å²) in [5, 5.41) is 15.6. The highest BCUT2D eigenvalue weighted by Crippen LogP contribution is 2.22. The van der Waals surface area contributed by atoms with Gasteiger partial charge in [-0.15, -0.1) is 0 Å². The van der Waals surface area contributed by atoms with Gasteiger partial charge in [0.15, 0.2) is 0 Å². The van der Waals surface area contributed by atoms with E-state index in [2.05, 4.69) is 15.6 Å². The smallest absolute Gasteiger partial charge is 0.336 e. The molecular formula is C23H21ClFN3O3. The number of aromatic carboxylic acids is 1. The molecule has 1 atom stereocenters. The quantitative estimate of drug-likeness (QED) is 0.470. The molecule has 3 aromatic rings. The number of rotatable bonds is 8. The van der Waals surface area contributed by atoms with Crippen LogP contribution in [0.1, 0.15) is 44.8 Å². The maximum Gasteiger partial charge on any atom is 0.336 e. The fourth-order valence-electron chi connectivity index (χ4n) is 3.19. The molecule has 6 nitrogen and oxygen atoms in total. The molecule has 0 aliphatic carbocycles. The zero-order valence-electron chi connectivity index (χ0n) is 16.7. The van der Waals surface area contributed by atoms with Crippen molar-refractivity contribution < 1.29 is 19.1 Å². The van der Waals surface area contributed by atoms with Gasteiger partial charge in [0.2, 0.25) is 0 Å². The van der Waals surface area contributed by atoms with Crippen molar-refractivity contribution in [2.75, 3.05) is 11.9 Å². The fourth-order valence-corrected chi connectivity index (χ4v) is 3.35. The SMILES string of the molecule is C[C@H](NC(=O)c1cc(Cl)cnc1NCCc1cccc(F)c1)c1ccccc1C(=O)O. The molecule has 2 aromatic carbocycles. The number of halogens is 2. The first-order chi connectivity index (χ1) is 14.8. The molecule has 1 amide bonds. The van der Waals surface area contributed by atoms with Gasteiger partial charge in [-0.25, -0.2) is 14.2 Å². The van der Waals surface area contributed by atoms with Gasteiger partial charge < -0.3 is 15.7 Å². The van der Waals surface area contributed by atoms with Gasteiger partial charge in [0.1, 0.15) is 11.6 Å². The fraction of sp³-hybridized carbons (Fsp3) is 0.174. The van der Waals surface area contributed by atoms with Crippen LogP contribution in [0.25, 0.3) is 0 Å². The second-order valence-electron chi connectivity index (χ2n) is 6.94. The second kappa shape index (κ2) is 10.0. The van der Waals surface area contributed by atoms with E-state index in [1.807, 2.05) is 6.07 Å². The average Bonchev–Trinajstić information content (AvgIpc) is 2.74. The van der Waals surface area contributed by atoms with Crippen LogP contribution >= 0.6 is 11.6 Å². The first kappa shape index (κ1) is 22.2. The number of benzene rings is 2. The van der Waals surface area contributed by atoms with E-state index in [9.17, 15) is 19.1 Å². The first-order valence-electron chi connectivity index (χ1n) is 9.62. The van der Waals surface area contributed by atoms with Crippen LogP contribution in [0.4, 0.5) is 10.2 Å². The van der Waals surface area contributed by atoms with Crippen molar-refractivity contribution in [3.8, 4) is 0 Å². The van der Waals surface area contributed by atoms with Crippen molar-refractivity contribution in [1.29, 1.82) is 0 Å². The summed E-state index contributed by atoms with van der Waals surface area (Å²) >= 11 is 6.04. The predicted octanol–water partition coefficient (Wildman–Crippen LogP) is 4.72. The van der Waals surface area contributed by atoms with Gasteiger partial charge in [-0.2, -0.15) is 0 Å². The standard InChI is InChI=1S/C23H21ClFN3O3/c1-14(18-7-2-3-8-19(18)23(30)31)28-22(29)20-12-16(24)13-27-21(20)26-10-9-15-5-4-6-17(25)11-15/h2-8,11-14H,9-10H2,1H3,(H,26,27)(H,28,29)(H,30,31)/t14-/m0/s1. The third-order valence-corrected chi connectivity index (χ3v) is 4.91. The van der Waals surface area contributed by atoms with Crippen molar-refractivity contribution in [3.05, 3.63) is 93.9 Å². The van der Waals surface area contributed by atoms with E-state index in [1.54, 1.807) is 31.2 Å². The van der Waals surface area contributed by atoms with Gasteiger partial charge >= 0.3 is 5.97 Å². The maximum absolute atomic E-state index is 13.3. The molecule has 0 saturated carbocycles. The Balaban J connectivity index is 1.73. The third-order valence-electron chi connectivity index (χ3n) is 4.70. The Kier molecular flexibility index (Phi) is 7.20. The molecule has 1 heterocycles. The summed E-state index contributed by atoms with van der Waals surface area (Å²) in [4.78, 5) is 28.6. The molecule has 3 rings (SSSR count). The summed E-state index contributed by atoms with van der Waals surface area (Å²) in [6.07, 6.45) is 1.96. The Hall–Kier alpha value is -3.45. The molecule has 0 bridgehead atoms. The van der Waals surface area contributed by atoms with Gasteiger partial charge in [0, 0.05) is 12.7 Å². The topological polar surface area (TPSA) is 91.3 Å². The molecule has 1 aromatic heterocycles. The Morgan fingerprint density at radius 2 is 1.90 bits per heavy atom. The van der Waals surface area contributed by atoms with Crippen molar-refractivity contribution in [2.45, 2.75) is 19.4 Å². The number of nitrogens with zero attached hydrogens (tertiary/aromatic N) is 1. The lowest BCUT2D eigenvalue weighted by molar-refractivity contribution is 0.0693. The number of hydrogen-bond acceptors (Lipinski definition) is 4. The minimum absolute atomic E-state index is 0.118. The number of carbonyl (C=O) groups is 2. The monoisotopic (exact) mass is 441 g/mol. The molecule has 0 saturated heterocycles. The van der Waals surface area contributed by atoms with E-state index in [0.717, 1.165) is 5.56 Å². The van der Waals surface area contributed by atoms with Crippen LogP contribution in [0.15, 0.2) is 60.8 Å². The van der Waals surface area contributed by atoms with Crippen LogP contribution in [0.3, 0.4) is 0 Å². The molecule has 0 aliphatic heterocycles. The highest BCUT2D eigenvalue weighted by Gasteiger charge is 2.20. The lowest BCUT2D eigenvalue weighted by Crippen LogP contribution is -2.29. The highest BCUT2D eigenvalue weighted by molar-refractivity contribution is 6.31. The van der Waals surface area contributed by atoms with Crippen LogP contribution in [-0.2, 0) is 6.42 Å². The number of pyridine rings is 1. The summed E-state index contributed by atoms with van der Waals surface area (Å²) in [5.41, 5.74) is 1.64. The molecule has 0 spiro atoms. The van der Waals surface area contributed by atoms with Crippen molar-refractivity contribution in [3.63, 3.8) is 0 Å². The number of amides is 1. The summed E-state index contributed by atoms with van der Waals surface area (Å²) in [6, 6.07) is 13.7. The van der Waals surface area contributed by atoms with Crippen molar-refractivity contribution in [1.82, 2.24) is 10.3 Å². The summed E-state index contributed by atoms with van der Waals surface area (Å²) < 4.78 is 13.3. The normalized spacial score (nSPS) is 11.6. The predicted molar refractivity (Wildman–Crippen MR) is 117 cm³/mol. The van der Waals surface area contributed by atoms with Crippen LogP contribution in [0, 0.1) is 5.82 Å². The van der Waals surface area contributed by atoms with Crippen molar-refractivity contribution >= 4 is 29.3 Å². The number of aromatic nitrogens is 1. The lowest BCUT2D eigenvalue weighted by Gasteiger charge is -2.18. The van der Waals surface area contributed by atoms with Crippen LogP contribution < -0.4 is 10.6 Å². The first-order valence-corrected chi connectivity index (χ1v) is 10.00. The number of hydrogen-bond donors (Lipinski definition) is 3. The second-order valence-corrected chi connectivity index (χ2v) is 7.38. The van der Waals surface area contributed by atoms with Gasteiger partial charge in [0.05, 0.1) is 22.2 Å². The molecular weight excluding hydrogens is 421 g/mol. The molecule has 3 N–H and O–H groups in total. The minimum Gasteiger partial charge on any atom is -0.478 e. The van der Waals surface area contributed by atoms with Gasteiger partial charge in [-0.1, -0.05) is 41.9 Å². The van der Waals surface area contributed by atoms with Crippen LogP contribution in [-0.4, -0.2) is 28.5 Å². The Bertz CT molecular complexity index is 1110. The molecule has 8 heteroatoms. The minimum atomic E-state index is -1.07. The van der Waals surface area contributed by atoms with Crippen LogP contribution in [0.5, 0.6) is 0 Å². The Morgan fingerprint density at radius 1 is 1.13 bits per heavy atom. The molecule has 31 heavy (non-hydrogen) atoms. The number of nitrogens with one attached hydrogen (secondary N) is 2. The van der Waals surface area contributed by atoms with Gasteiger partial charge in [-0.3, -0.25) is 4.79 Å². The highest BCUT2D eigenvalue weighted by atomic mass is 35.5. The van der Waals surface area contributed by atoms with Crippen molar-refractivity contribution in [2.24, 2.45) is 0 Å². The lowest BCUT2D eigenvalue weighted by atomic mass is 10.0. The molecule has 0 radical (unpaired) electrons.